The van der Waals surface area contributed by atoms with Crippen LogP contribution in [0.15, 0.2) is 62.8 Å². The maximum absolute atomic E-state index is 12.6. The minimum atomic E-state index is -3.67. The third-order valence-electron chi connectivity index (χ3n) is 3.45. The van der Waals surface area contributed by atoms with Gasteiger partial charge in [0, 0.05) is 16.3 Å². The number of rotatable bonds is 4. The zero-order valence-corrected chi connectivity index (χ0v) is 13.9. The molecule has 0 unspecified atom stereocenters. The molecule has 8 heteroatoms. The van der Waals surface area contributed by atoms with E-state index in [4.69, 9.17) is 4.52 Å². The highest BCUT2D eigenvalue weighted by atomic mass is 32.2. The van der Waals surface area contributed by atoms with Crippen LogP contribution in [-0.4, -0.2) is 23.5 Å². The first-order chi connectivity index (χ1) is 11.6. The van der Waals surface area contributed by atoms with E-state index in [1.54, 1.807) is 12.1 Å². The molecule has 0 saturated heterocycles. The summed E-state index contributed by atoms with van der Waals surface area (Å²) in [6.45, 7) is 0. The van der Waals surface area contributed by atoms with E-state index in [2.05, 4.69) is 15.1 Å². The van der Waals surface area contributed by atoms with Gasteiger partial charge < -0.3 is 4.52 Å². The first-order valence-corrected chi connectivity index (χ1v) is 9.65. The summed E-state index contributed by atoms with van der Waals surface area (Å²) in [4.78, 5) is 8.37. The van der Waals surface area contributed by atoms with Crippen LogP contribution in [0, 0.1) is 0 Å². The van der Waals surface area contributed by atoms with E-state index < -0.39 is 9.84 Å². The van der Waals surface area contributed by atoms with Crippen molar-refractivity contribution in [3.63, 3.8) is 0 Å². The molecule has 0 N–H and O–H groups in total. The third-order valence-corrected chi connectivity index (χ3v) is 5.63. The summed E-state index contributed by atoms with van der Waals surface area (Å²) in [5.74, 6) is 0.0502. The number of thiophene rings is 1. The summed E-state index contributed by atoms with van der Waals surface area (Å²) in [6, 6.07) is 12.4. The van der Waals surface area contributed by atoms with Crippen molar-refractivity contribution < 1.29 is 12.9 Å². The minimum Gasteiger partial charge on any atom is -0.338 e. The van der Waals surface area contributed by atoms with E-state index in [1.807, 2.05) is 35.0 Å². The number of fused-ring (bicyclic) bond motifs is 1. The minimum absolute atomic E-state index is 0.00326. The van der Waals surface area contributed by atoms with Gasteiger partial charge in [-0.05, 0) is 29.6 Å². The number of benzene rings is 1. The molecule has 0 fully saturated rings. The Labute approximate surface area is 141 Å². The van der Waals surface area contributed by atoms with Gasteiger partial charge in [0.15, 0.2) is 5.03 Å². The first-order valence-electron chi connectivity index (χ1n) is 7.05. The largest absolute Gasteiger partial charge is 0.338 e. The summed E-state index contributed by atoms with van der Waals surface area (Å²) in [7, 11) is -3.67. The summed E-state index contributed by atoms with van der Waals surface area (Å²) in [5.41, 5.74) is 1.43. The lowest BCUT2D eigenvalue weighted by molar-refractivity contribution is 0.389. The van der Waals surface area contributed by atoms with E-state index in [0.717, 1.165) is 10.9 Å². The van der Waals surface area contributed by atoms with Gasteiger partial charge in [0.1, 0.15) is 5.75 Å². The number of hydrogen-bond acceptors (Lipinski definition) is 7. The topological polar surface area (TPSA) is 86.0 Å². The van der Waals surface area contributed by atoms with E-state index >= 15 is 0 Å². The number of hydrogen-bond donors (Lipinski definition) is 0. The van der Waals surface area contributed by atoms with Crippen LogP contribution in [-0.2, 0) is 15.6 Å². The second-order valence-electron chi connectivity index (χ2n) is 5.13. The summed E-state index contributed by atoms with van der Waals surface area (Å²) in [5, 5.41) is 8.46. The Morgan fingerprint density at radius 1 is 1.04 bits per heavy atom. The monoisotopic (exact) mass is 357 g/mol. The Balaban J connectivity index is 1.65. The Kier molecular flexibility index (Phi) is 3.62. The van der Waals surface area contributed by atoms with Crippen molar-refractivity contribution in [3.8, 4) is 11.4 Å². The highest BCUT2D eigenvalue weighted by molar-refractivity contribution is 7.90. The Morgan fingerprint density at radius 2 is 1.92 bits per heavy atom. The Hall–Kier alpha value is -2.58. The molecule has 24 heavy (non-hydrogen) atoms. The zero-order chi connectivity index (χ0) is 16.6. The lowest BCUT2D eigenvalue weighted by Crippen LogP contribution is -2.07. The zero-order valence-electron chi connectivity index (χ0n) is 12.3. The van der Waals surface area contributed by atoms with E-state index in [-0.39, 0.29) is 16.7 Å². The van der Waals surface area contributed by atoms with Gasteiger partial charge in [0.2, 0.25) is 21.6 Å². The van der Waals surface area contributed by atoms with Crippen LogP contribution in [0.4, 0.5) is 0 Å². The molecule has 3 aromatic heterocycles. The van der Waals surface area contributed by atoms with Crippen LogP contribution >= 0.6 is 11.3 Å². The lowest BCUT2D eigenvalue weighted by atomic mass is 10.2. The number of sulfone groups is 1. The summed E-state index contributed by atoms with van der Waals surface area (Å²) < 4.78 is 30.2. The fraction of sp³-hybridized carbons (Fsp3) is 0.0625. The van der Waals surface area contributed by atoms with Gasteiger partial charge in [-0.25, -0.2) is 13.4 Å². The molecular weight excluding hydrogens is 346 g/mol. The van der Waals surface area contributed by atoms with Crippen LogP contribution in [0.2, 0.25) is 0 Å². The molecule has 0 aliphatic carbocycles. The number of pyridine rings is 1. The quantitative estimate of drug-likeness (QED) is 0.557. The van der Waals surface area contributed by atoms with Gasteiger partial charge in [-0.2, -0.15) is 16.3 Å². The molecule has 0 saturated carbocycles. The molecule has 1 aromatic carbocycles. The molecule has 6 nitrogen and oxygen atoms in total. The Morgan fingerprint density at radius 3 is 2.75 bits per heavy atom. The number of para-hydroxylation sites is 1. The molecule has 0 radical (unpaired) electrons. The molecule has 4 aromatic rings. The second-order valence-corrected chi connectivity index (χ2v) is 7.84. The van der Waals surface area contributed by atoms with Crippen LogP contribution < -0.4 is 0 Å². The molecule has 0 amide bonds. The SMILES string of the molecule is O=S(=O)(Cc1nc(-c2ccsc2)no1)c1ccc2ccccc2n1. The average molecular weight is 357 g/mol. The maximum Gasteiger partial charge on any atom is 0.242 e. The molecule has 0 aliphatic rings. The van der Waals surface area contributed by atoms with Crippen LogP contribution in [0.1, 0.15) is 5.89 Å². The van der Waals surface area contributed by atoms with Crippen molar-refractivity contribution in [1.82, 2.24) is 15.1 Å². The van der Waals surface area contributed by atoms with Crippen LogP contribution in [0.3, 0.4) is 0 Å². The number of aromatic nitrogens is 3. The fourth-order valence-corrected chi connectivity index (χ4v) is 4.02. The number of nitrogens with zero attached hydrogens (tertiary/aromatic N) is 3. The molecule has 4 rings (SSSR count). The predicted octanol–water partition coefficient (Wildman–Crippen LogP) is 3.32. The Bertz CT molecular complexity index is 1100. The molecule has 3 heterocycles. The van der Waals surface area contributed by atoms with Gasteiger partial charge in [0.05, 0.1) is 5.52 Å². The van der Waals surface area contributed by atoms with Crippen LogP contribution in [0.25, 0.3) is 22.3 Å². The van der Waals surface area contributed by atoms with Gasteiger partial charge in [-0.1, -0.05) is 23.4 Å². The maximum atomic E-state index is 12.6. The lowest BCUT2D eigenvalue weighted by Gasteiger charge is -2.02. The van der Waals surface area contributed by atoms with Gasteiger partial charge in [-0.15, -0.1) is 0 Å². The molecule has 0 spiro atoms. The van der Waals surface area contributed by atoms with Crippen molar-refractivity contribution in [3.05, 3.63) is 59.1 Å². The smallest absolute Gasteiger partial charge is 0.242 e. The normalized spacial score (nSPS) is 11.8. The third kappa shape index (κ3) is 2.81. The second kappa shape index (κ2) is 5.81. The van der Waals surface area contributed by atoms with E-state index in [0.29, 0.717) is 11.3 Å². The highest BCUT2D eigenvalue weighted by Crippen LogP contribution is 2.21. The van der Waals surface area contributed by atoms with Gasteiger partial charge in [-0.3, -0.25) is 0 Å². The molecule has 0 bridgehead atoms. The van der Waals surface area contributed by atoms with Crippen molar-refractivity contribution in [2.45, 2.75) is 10.8 Å². The van der Waals surface area contributed by atoms with Crippen molar-refractivity contribution in [2.75, 3.05) is 0 Å². The van der Waals surface area contributed by atoms with Gasteiger partial charge in [0.25, 0.3) is 0 Å². The van der Waals surface area contributed by atoms with Gasteiger partial charge >= 0.3 is 0 Å². The highest BCUT2D eigenvalue weighted by Gasteiger charge is 2.22. The summed E-state index contributed by atoms with van der Waals surface area (Å²) >= 11 is 1.50. The van der Waals surface area contributed by atoms with Crippen molar-refractivity contribution in [2.24, 2.45) is 0 Å². The molecule has 0 aliphatic heterocycles. The predicted molar refractivity (Wildman–Crippen MR) is 90.2 cm³/mol. The van der Waals surface area contributed by atoms with Crippen molar-refractivity contribution >= 4 is 32.1 Å². The first kappa shape index (κ1) is 15.0. The van der Waals surface area contributed by atoms with Crippen molar-refractivity contribution in [1.29, 1.82) is 0 Å². The molecule has 0 atom stereocenters. The summed E-state index contributed by atoms with van der Waals surface area (Å²) in [6.07, 6.45) is 0. The molecule has 120 valence electrons. The standard InChI is InChI=1S/C16H11N3O3S2/c20-24(21,15-6-5-11-3-1-2-4-13(11)17-15)10-14-18-16(19-22-14)12-7-8-23-9-12/h1-9H,10H2. The van der Waals surface area contributed by atoms with Crippen LogP contribution in [0.5, 0.6) is 0 Å². The van der Waals surface area contributed by atoms with E-state index in [1.165, 1.54) is 17.4 Å². The fourth-order valence-electron chi connectivity index (χ4n) is 2.28. The molecular formula is C16H11N3O3S2. The van der Waals surface area contributed by atoms with E-state index in [9.17, 15) is 8.42 Å². The average Bonchev–Trinajstić information content (AvgIpc) is 3.25.